The van der Waals surface area contributed by atoms with Crippen LogP contribution in [0.5, 0.6) is 0 Å². The van der Waals surface area contributed by atoms with E-state index in [1.807, 2.05) is 0 Å². The van der Waals surface area contributed by atoms with Crippen LogP contribution in [0.1, 0.15) is 200 Å². The van der Waals surface area contributed by atoms with Gasteiger partial charge in [0.25, 0.3) is 0 Å². The summed E-state index contributed by atoms with van der Waals surface area (Å²) in [5.41, 5.74) is 0. The molecular formula is C45H85O9P. The lowest BCUT2D eigenvalue weighted by molar-refractivity contribution is -0.154. The van der Waals surface area contributed by atoms with E-state index in [9.17, 15) is 19.4 Å². The highest BCUT2D eigenvalue weighted by molar-refractivity contribution is 7.47. The van der Waals surface area contributed by atoms with Crippen molar-refractivity contribution in [1.82, 2.24) is 0 Å². The predicted molar refractivity (Wildman–Crippen MR) is 228 cm³/mol. The van der Waals surface area contributed by atoms with Crippen molar-refractivity contribution in [3.8, 4) is 0 Å². The summed E-state index contributed by atoms with van der Waals surface area (Å²) in [4.78, 5) is 22.6. The third kappa shape index (κ3) is 42.1. The average Bonchev–Trinajstić information content (AvgIpc) is 3.18. The van der Waals surface area contributed by atoms with E-state index in [-0.39, 0.29) is 19.6 Å². The van der Waals surface area contributed by atoms with Gasteiger partial charge in [0.2, 0.25) is 0 Å². The molecule has 0 aliphatic rings. The molecule has 0 bridgehead atoms. The first kappa shape index (κ1) is 53.7. The molecule has 0 aromatic carbocycles. The second-order valence-electron chi connectivity index (χ2n) is 15.1. The van der Waals surface area contributed by atoms with Crippen LogP contribution in [0.15, 0.2) is 36.5 Å². The molecular weight excluding hydrogens is 715 g/mol. The van der Waals surface area contributed by atoms with Gasteiger partial charge < -0.3 is 24.6 Å². The van der Waals surface area contributed by atoms with E-state index in [4.69, 9.17) is 23.6 Å². The zero-order valence-corrected chi connectivity index (χ0v) is 36.3. The number of phosphoric acid groups is 1. The van der Waals surface area contributed by atoms with Gasteiger partial charge in [-0.25, -0.2) is 4.57 Å². The van der Waals surface area contributed by atoms with E-state index in [2.05, 4.69) is 50.3 Å². The van der Waals surface area contributed by atoms with Gasteiger partial charge in [0.15, 0.2) is 0 Å². The van der Waals surface area contributed by atoms with Crippen LogP contribution in [0.25, 0.3) is 0 Å². The molecule has 0 radical (unpaired) electrons. The van der Waals surface area contributed by atoms with Gasteiger partial charge in [0.05, 0.1) is 26.4 Å². The van der Waals surface area contributed by atoms with Gasteiger partial charge in [-0.15, -0.1) is 0 Å². The number of rotatable bonds is 43. The van der Waals surface area contributed by atoms with E-state index in [0.717, 1.165) is 57.8 Å². The van der Waals surface area contributed by atoms with Crippen molar-refractivity contribution < 1.29 is 43.0 Å². The number of hydrogen-bond donors (Lipinski definition) is 3. The Labute approximate surface area is 337 Å². The fourth-order valence-electron chi connectivity index (χ4n) is 6.09. The molecule has 0 fully saturated rings. The number of aliphatic hydroxyl groups is 2. The molecule has 0 saturated carbocycles. The van der Waals surface area contributed by atoms with Crippen LogP contribution in [-0.4, -0.2) is 66.3 Å². The first-order valence-corrected chi connectivity index (χ1v) is 24.0. The third-order valence-electron chi connectivity index (χ3n) is 9.55. The maximum atomic E-state index is 12.6. The van der Waals surface area contributed by atoms with Gasteiger partial charge in [-0.05, 0) is 70.6 Å². The lowest BCUT2D eigenvalue weighted by Gasteiger charge is -2.20. The smallest absolute Gasteiger partial charge is 0.457 e. The van der Waals surface area contributed by atoms with Crippen LogP contribution in [0, 0.1) is 0 Å². The molecule has 0 rings (SSSR count). The molecule has 0 aromatic rings. The molecule has 9 nitrogen and oxygen atoms in total. The van der Waals surface area contributed by atoms with E-state index in [1.54, 1.807) is 0 Å². The minimum atomic E-state index is -4.52. The Morgan fingerprint density at radius 2 is 0.982 bits per heavy atom. The molecule has 0 amide bonds. The molecule has 3 unspecified atom stereocenters. The molecule has 0 aliphatic heterocycles. The highest BCUT2D eigenvalue weighted by Gasteiger charge is 2.26. The van der Waals surface area contributed by atoms with Gasteiger partial charge in [0.1, 0.15) is 12.2 Å². The molecule has 3 N–H and O–H groups in total. The number of carbonyl (C=O) groups excluding carboxylic acids is 1. The number of ether oxygens (including phenoxy) is 2. The predicted octanol–water partition coefficient (Wildman–Crippen LogP) is 12.4. The van der Waals surface area contributed by atoms with Crippen LogP contribution in [0.2, 0.25) is 0 Å². The van der Waals surface area contributed by atoms with Crippen molar-refractivity contribution in [3.63, 3.8) is 0 Å². The normalized spacial score (nSPS) is 14.3. The van der Waals surface area contributed by atoms with Crippen molar-refractivity contribution in [2.75, 3.05) is 33.0 Å². The summed E-state index contributed by atoms with van der Waals surface area (Å²) < 4.78 is 33.4. The Kier molecular flexibility index (Phi) is 41.3. The molecule has 0 aliphatic carbocycles. The minimum Gasteiger partial charge on any atom is -0.457 e. The summed E-state index contributed by atoms with van der Waals surface area (Å²) in [6.45, 7) is 3.49. The number of phosphoric ester groups is 1. The van der Waals surface area contributed by atoms with Gasteiger partial charge >= 0.3 is 13.8 Å². The van der Waals surface area contributed by atoms with Crippen LogP contribution in [0.3, 0.4) is 0 Å². The zero-order valence-electron chi connectivity index (χ0n) is 35.4. The maximum absolute atomic E-state index is 12.6. The highest BCUT2D eigenvalue weighted by atomic mass is 31.2. The van der Waals surface area contributed by atoms with Crippen molar-refractivity contribution in [2.24, 2.45) is 0 Å². The Hall–Kier alpha value is -1.32. The summed E-state index contributed by atoms with van der Waals surface area (Å²) in [6, 6.07) is 0. The van der Waals surface area contributed by atoms with Crippen LogP contribution < -0.4 is 0 Å². The summed E-state index contributed by atoms with van der Waals surface area (Å²) in [7, 11) is -4.52. The van der Waals surface area contributed by atoms with E-state index in [0.29, 0.717) is 13.0 Å². The quantitative estimate of drug-likeness (QED) is 0.0239. The fourth-order valence-corrected chi connectivity index (χ4v) is 6.88. The number of esters is 1. The monoisotopic (exact) mass is 801 g/mol. The van der Waals surface area contributed by atoms with Crippen LogP contribution >= 0.6 is 7.82 Å². The second-order valence-corrected chi connectivity index (χ2v) is 16.5. The average molecular weight is 801 g/mol. The minimum absolute atomic E-state index is 0.0423. The van der Waals surface area contributed by atoms with Gasteiger partial charge in [-0.1, -0.05) is 159 Å². The van der Waals surface area contributed by atoms with E-state index >= 15 is 0 Å². The van der Waals surface area contributed by atoms with E-state index in [1.165, 1.54) is 116 Å². The first-order chi connectivity index (χ1) is 26.8. The fraction of sp³-hybridized carbons (Fsp3) is 0.844. The summed E-state index contributed by atoms with van der Waals surface area (Å²) in [6.07, 6.45) is 45.3. The maximum Gasteiger partial charge on any atom is 0.472 e. The molecule has 10 heteroatoms. The molecule has 0 heterocycles. The van der Waals surface area contributed by atoms with Crippen LogP contribution in [-0.2, 0) is 27.9 Å². The summed E-state index contributed by atoms with van der Waals surface area (Å²) in [5, 5.41) is 18.4. The standard InChI is InChI=1S/C45H85O9P/c1-3-5-7-9-11-13-15-17-19-21-22-24-26-28-30-32-34-36-38-51-41-44(42-53-55(49,50)52-40-43(47)39-46)54-45(48)37-35-33-31-29-27-25-23-20-18-16-14-12-10-8-6-4-2/h14,16-17,19-20,23,43-44,46-47H,3-13,15,18,21-22,24-42H2,1-2H3,(H,49,50)/b16-14-,19-17-,23-20-. The molecule has 0 spiro atoms. The SMILES string of the molecule is CCCCCC/C=C\C/C=C\CCCCCCCC(=O)OC(COCCCCCCCCCC/C=C\CCCCCCCC)COP(=O)(O)OCC(O)CO. The van der Waals surface area contributed by atoms with Crippen molar-refractivity contribution in [2.45, 2.75) is 212 Å². The van der Waals surface area contributed by atoms with Crippen molar-refractivity contribution in [3.05, 3.63) is 36.5 Å². The molecule has 324 valence electrons. The second kappa shape index (κ2) is 42.3. The lowest BCUT2D eigenvalue weighted by Crippen LogP contribution is -2.29. The Bertz CT molecular complexity index is 955. The number of unbranched alkanes of at least 4 members (excludes halogenated alkanes) is 23. The van der Waals surface area contributed by atoms with E-state index < -0.39 is 39.2 Å². The Balaban J connectivity index is 4.17. The summed E-state index contributed by atoms with van der Waals surface area (Å²) >= 11 is 0. The van der Waals surface area contributed by atoms with Crippen LogP contribution in [0.4, 0.5) is 0 Å². The summed E-state index contributed by atoms with van der Waals surface area (Å²) in [5.74, 6) is -0.396. The zero-order chi connectivity index (χ0) is 40.3. The van der Waals surface area contributed by atoms with Crippen molar-refractivity contribution in [1.29, 1.82) is 0 Å². The number of allylic oxidation sites excluding steroid dienone is 6. The Morgan fingerprint density at radius 1 is 0.564 bits per heavy atom. The Morgan fingerprint density at radius 3 is 1.49 bits per heavy atom. The number of carbonyl (C=O) groups is 1. The number of aliphatic hydroxyl groups excluding tert-OH is 2. The first-order valence-electron chi connectivity index (χ1n) is 22.5. The van der Waals surface area contributed by atoms with Crippen molar-refractivity contribution >= 4 is 13.8 Å². The highest BCUT2D eigenvalue weighted by Crippen LogP contribution is 2.43. The van der Waals surface area contributed by atoms with Gasteiger partial charge in [-0.3, -0.25) is 13.8 Å². The molecule has 0 saturated heterocycles. The largest absolute Gasteiger partial charge is 0.472 e. The molecule has 3 atom stereocenters. The van der Waals surface area contributed by atoms with Gasteiger partial charge in [0, 0.05) is 13.0 Å². The lowest BCUT2D eigenvalue weighted by atomic mass is 10.1. The van der Waals surface area contributed by atoms with Gasteiger partial charge in [-0.2, -0.15) is 0 Å². The number of hydrogen-bond acceptors (Lipinski definition) is 8. The third-order valence-corrected chi connectivity index (χ3v) is 10.5. The topological polar surface area (TPSA) is 132 Å². The molecule has 55 heavy (non-hydrogen) atoms. The molecule has 0 aromatic heterocycles.